The third-order valence-corrected chi connectivity index (χ3v) is 3.76. The third-order valence-electron chi connectivity index (χ3n) is 3.09. The normalized spacial score (nSPS) is 10.9. The molecule has 0 aliphatic heterocycles. The maximum atomic E-state index is 13.2. The Bertz CT molecular complexity index is 601. The minimum Gasteiger partial charge on any atom is -0.312 e. The van der Waals surface area contributed by atoms with Crippen LogP contribution in [0.3, 0.4) is 0 Å². The first kappa shape index (κ1) is 16.2. The Hall–Kier alpha value is -1.16. The van der Waals surface area contributed by atoms with Crippen molar-refractivity contribution in [2.75, 3.05) is 6.54 Å². The lowest BCUT2D eigenvalue weighted by Crippen LogP contribution is -2.17. The second-order valence-corrected chi connectivity index (χ2v) is 5.73. The van der Waals surface area contributed by atoms with E-state index in [0.29, 0.717) is 35.1 Å². The number of nitrogens with one attached hydrogen (secondary N) is 1. The van der Waals surface area contributed by atoms with Crippen molar-refractivity contribution < 1.29 is 8.78 Å². The fourth-order valence-electron chi connectivity index (χ4n) is 2.17. The molecule has 0 aliphatic carbocycles. The van der Waals surface area contributed by atoms with Crippen LogP contribution < -0.4 is 5.32 Å². The van der Waals surface area contributed by atoms with E-state index in [1.54, 1.807) is 0 Å². The predicted molar refractivity (Wildman–Crippen MR) is 83.0 cm³/mol. The van der Waals surface area contributed by atoms with Crippen molar-refractivity contribution in [1.29, 1.82) is 0 Å². The van der Waals surface area contributed by atoms with Gasteiger partial charge in [0.05, 0.1) is 0 Å². The van der Waals surface area contributed by atoms with Crippen LogP contribution in [0.15, 0.2) is 30.3 Å². The van der Waals surface area contributed by atoms with E-state index in [1.165, 1.54) is 24.3 Å². The van der Waals surface area contributed by atoms with Crippen LogP contribution in [0.5, 0.6) is 0 Å². The first-order valence-corrected chi connectivity index (χ1v) is 7.31. The quantitative estimate of drug-likeness (QED) is 0.768. The van der Waals surface area contributed by atoms with E-state index in [1.807, 2.05) is 13.0 Å². The van der Waals surface area contributed by atoms with Crippen LogP contribution in [-0.2, 0) is 13.0 Å². The van der Waals surface area contributed by atoms with Gasteiger partial charge in [-0.15, -0.1) is 0 Å². The minimum atomic E-state index is -0.447. The summed E-state index contributed by atoms with van der Waals surface area (Å²) in [7, 11) is 0. The van der Waals surface area contributed by atoms with Crippen molar-refractivity contribution in [3.63, 3.8) is 0 Å². The standard InChI is InChI=1S/C16H15Cl2F2N/c1-10-4-11(6-12(19)5-10)9-21-3-2-14-15(17)7-13(20)8-16(14)18/h4-8,21H,2-3,9H2,1H3. The van der Waals surface area contributed by atoms with Crippen molar-refractivity contribution in [2.45, 2.75) is 19.9 Å². The van der Waals surface area contributed by atoms with Gasteiger partial charge >= 0.3 is 0 Å². The van der Waals surface area contributed by atoms with Crippen LogP contribution >= 0.6 is 23.2 Å². The molecule has 0 aromatic heterocycles. The predicted octanol–water partition coefficient (Wildman–Crippen LogP) is 4.91. The van der Waals surface area contributed by atoms with Crippen molar-refractivity contribution in [3.8, 4) is 0 Å². The van der Waals surface area contributed by atoms with Gasteiger partial charge in [0.25, 0.3) is 0 Å². The lowest BCUT2D eigenvalue weighted by Gasteiger charge is -2.09. The summed E-state index contributed by atoms with van der Waals surface area (Å²) >= 11 is 11.9. The summed E-state index contributed by atoms with van der Waals surface area (Å²) in [6.45, 7) is 3.01. The fraction of sp³-hybridized carbons (Fsp3) is 0.250. The van der Waals surface area contributed by atoms with Crippen LogP contribution in [0.25, 0.3) is 0 Å². The second kappa shape index (κ2) is 7.21. The number of halogens is 4. The summed E-state index contributed by atoms with van der Waals surface area (Å²) in [6.07, 6.45) is 0.576. The summed E-state index contributed by atoms with van der Waals surface area (Å²) in [5.41, 5.74) is 2.47. The molecule has 0 aliphatic rings. The van der Waals surface area contributed by atoms with Gasteiger partial charge in [0, 0.05) is 16.6 Å². The number of aryl methyl sites for hydroxylation is 1. The Morgan fingerprint density at radius 1 is 0.952 bits per heavy atom. The van der Waals surface area contributed by atoms with Crippen LogP contribution in [-0.4, -0.2) is 6.54 Å². The highest BCUT2D eigenvalue weighted by Crippen LogP contribution is 2.26. The van der Waals surface area contributed by atoms with E-state index in [0.717, 1.165) is 11.1 Å². The molecule has 0 saturated carbocycles. The van der Waals surface area contributed by atoms with Gasteiger partial charge in [-0.25, -0.2) is 8.78 Å². The SMILES string of the molecule is Cc1cc(F)cc(CNCCc2c(Cl)cc(F)cc2Cl)c1. The Kier molecular flexibility index (Phi) is 5.57. The smallest absolute Gasteiger partial charge is 0.126 e. The van der Waals surface area contributed by atoms with E-state index >= 15 is 0 Å². The molecule has 2 aromatic rings. The zero-order chi connectivity index (χ0) is 15.4. The molecule has 2 rings (SSSR count). The summed E-state index contributed by atoms with van der Waals surface area (Å²) in [4.78, 5) is 0. The molecule has 0 fully saturated rings. The molecule has 0 bridgehead atoms. The summed E-state index contributed by atoms with van der Waals surface area (Å²) in [6, 6.07) is 7.41. The first-order chi connectivity index (χ1) is 9.95. The van der Waals surface area contributed by atoms with Gasteiger partial charge in [0.15, 0.2) is 0 Å². The minimum absolute atomic E-state index is 0.239. The molecule has 0 spiro atoms. The molecule has 0 saturated heterocycles. The molecule has 0 atom stereocenters. The van der Waals surface area contributed by atoms with Crippen molar-refractivity contribution in [1.82, 2.24) is 5.32 Å². The van der Waals surface area contributed by atoms with Crippen molar-refractivity contribution in [2.24, 2.45) is 0 Å². The highest BCUT2D eigenvalue weighted by atomic mass is 35.5. The molecule has 1 N–H and O–H groups in total. The molecule has 0 radical (unpaired) electrons. The van der Waals surface area contributed by atoms with E-state index < -0.39 is 5.82 Å². The summed E-state index contributed by atoms with van der Waals surface area (Å²) in [5.74, 6) is -0.687. The van der Waals surface area contributed by atoms with Gasteiger partial charge < -0.3 is 5.32 Å². The monoisotopic (exact) mass is 329 g/mol. The zero-order valence-electron chi connectivity index (χ0n) is 11.5. The number of benzene rings is 2. The van der Waals surface area contributed by atoms with E-state index in [9.17, 15) is 8.78 Å². The van der Waals surface area contributed by atoms with Gasteiger partial charge in [-0.2, -0.15) is 0 Å². The Balaban J connectivity index is 1.90. The van der Waals surface area contributed by atoms with Gasteiger partial charge in [0.2, 0.25) is 0 Å². The number of hydrogen-bond donors (Lipinski definition) is 1. The molecular formula is C16H15Cl2F2N. The molecular weight excluding hydrogens is 315 g/mol. The molecule has 0 heterocycles. The van der Waals surface area contributed by atoms with Crippen molar-refractivity contribution in [3.05, 3.63) is 68.7 Å². The van der Waals surface area contributed by atoms with Gasteiger partial charge in [0.1, 0.15) is 11.6 Å². The highest BCUT2D eigenvalue weighted by molar-refractivity contribution is 6.36. The summed E-state index contributed by atoms with van der Waals surface area (Å²) in [5, 5.41) is 3.84. The Labute approximate surface area is 132 Å². The molecule has 21 heavy (non-hydrogen) atoms. The lowest BCUT2D eigenvalue weighted by molar-refractivity contribution is 0.618. The van der Waals surface area contributed by atoms with Gasteiger partial charge in [-0.3, -0.25) is 0 Å². The fourth-order valence-corrected chi connectivity index (χ4v) is 2.82. The van der Waals surface area contributed by atoms with Crippen LogP contribution in [0.4, 0.5) is 8.78 Å². The van der Waals surface area contributed by atoms with E-state index in [-0.39, 0.29) is 5.82 Å². The van der Waals surface area contributed by atoms with Crippen LogP contribution in [0, 0.1) is 18.6 Å². The van der Waals surface area contributed by atoms with Crippen LogP contribution in [0.2, 0.25) is 10.0 Å². The van der Waals surface area contributed by atoms with Gasteiger partial charge in [-0.1, -0.05) is 29.3 Å². The molecule has 0 amide bonds. The number of hydrogen-bond acceptors (Lipinski definition) is 1. The maximum Gasteiger partial charge on any atom is 0.126 e. The second-order valence-electron chi connectivity index (χ2n) is 4.91. The molecule has 0 unspecified atom stereocenters. The van der Waals surface area contributed by atoms with E-state index in [2.05, 4.69) is 5.32 Å². The molecule has 5 heteroatoms. The van der Waals surface area contributed by atoms with Gasteiger partial charge in [-0.05, 0) is 60.8 Å². The third kappa shape index (κ3) is 4.67. The lowest BCUT2D eigenvalue weighted by atomic mass is 10.1. The maximum absolute atomic E-state index is 13.2. The van der Waals surface area contributed by atoms with Crippen LogP contribution in [0.1, 0.15) is 16.7 Å². The van der Waals surface area contributed by atoms with E-state index in [4.69, 9.17) is 23.2 Å². The Morgan fingerprint density at radius 3 is 2.19 bits per heavy atom. The largest absolute Gasteiger partial charge is 0.312 e. The molecule has 112 valence electrons. The van der Waals surface area contributed by atoms with Crippen molar-refractivity contribution >= 4 is 23.2 Å². The zero-order valence-corrected chi connectivity index (χ0v) is 13.0. The highest BCUT2D eigenvalue weighted by Gasteiger charge is 2.08. The average molecular weight is 330 g/mol. The number of rotatable bonds is 5. The Morgan fingerprint density at radius 2 is 1.57 bits per heavy atom. The first-order valence-electron chi connectivity index (χ1n) is 6.56. The topological polar surface area (TPSA) is 12.0 Å². The molecule has 2 aromatic carbocycles. The average Bonchev–Trinajstić information content (AvgIpc) is 2.35. The summed E-state index contributed by atoms with van der Waals surface area (Å²) < 4.78 is 26.3. The molecule has 1 nitrogen and oxygen atoms in total.